The fraction of sp³-hybridized carbons (Fsp3) is 0.600. The quantitative estimate of drug-likeness (QED) is 0.875. The van der Waals surface area contributed by atoms with Crippen molar-refractivity contribution >= 4 is 11.6 Å². The largest absolute Gasteiger partial charge is 0.387 e. The minimum Gasteiger partial charge on any atom is -0.387 e. The average molecular weight is 277 g/mol. The van der Waals surface area contributed by atoms with Crippen molar-refractivity contribution in [1.29, 1.82) is 0 Å². The summed E-state index contributed by atoms with van der Waals surface area (Å²) < 4.78 is 0. The first-order valence-corrected chi connectivity index (χ1v) is 7.19. The van der Waals surface area contributed by atoms with Gasteiger partial charge in [-0.15, -0.1) is 0 Å². The number of piperidine rings is 1. The van der Waals surface area contributed by atoms with Crippen molar-refractivity contribution in [3.05, 3.63) is 24.0 Å². The molecule has 0 radical (unpaired) electrons. The smallest absolute Gasteiger partial charge is 0.216 e. The molecule has 1 aliphatic heterocycles. The van der Waals surface area contributed by atoms with E-state index in [2.05, 4.69) is 15.2 Å². The van der Waals surface area contributed by atoms with E-state index in [4.69, 9.17) is 0 Å². The number of pyridine rings is 1. The second kappa shape index (κ2) is 6.70. The van der Waals surface area contributed by atoms with Crippen LogP contribution in [0.4, 0.5) is 5.69 Å². The fourth-order valence-electron chi connectivity index (χ4n) is 2.52. The summed E-state index contributed by atoms with van der Waals surface area (Å²) in [6.45, 7) is 6.03. The topological polar surface area (TPSA) is 65.5 Å². The van der Waals surface area contributed by atoms with Crippen LogP contribution in [-0.4, -0.2) is 35.6 Å². The molecule has 1 aromatic rings. The molecule has 0 aliphatic carbocycles. The summed E-state index contributed by atoms with van der Waals surface area (Å²) >= 11 is 0. The zero-order chi connectivity index (χ0) is 14.5. The lowest BCUT2D eigenvalue weighted by atomic mass is 9.96. The highest BCUT2D eigenvalue weighted by atomic mass is 16.3. The third-order valence-corrected chi connectivity index (χ3v) is 3.82. The third-order valence-electron chi connectivity index (χ3n) is 3.82. The summed E-state index contributed by atoms with van der Waals surface area (Å²) in [5.74, 6) is 0.616. The summed E-state index contributed by atoms with van der Waals surface area (Å²) in [7, 11) is 0. The molecule has 0 aromatic carbocycles. The number of nitrogens with zero attached hydrogens (tertiary/aromatic N) is 2. The van der Waals surface area contributed by atoms with E-state index in [1.807, 2.05) is 18.3 Å². The van der Waals surface area contributed by atoms with Gasteiger partial charge in [-0.2, -0.15) is 0 Å². The van der Waals surface area contributed by atoms with Crippen LogP contribution in [0.5, 0.6) is 0 Å². The second-order valence-corrected chi connectivity index (χ2v) is 5.48. The lowest BCUT2D eigenvalue weighted by Gasteiger charge is -2.33. The summed E-state index contributed by atoms with van der Waals surface area (Å²) in [6.07, 6.45) is 3.47. The zero-order valence-corrected chi connectivity index (χ0v) is 12.2. The molecule has 2 heterocycles. The number of anilines is 1. The van der Waals surface area contributed by atoms with E-state index in [1.54, 1.807) is 13.8 Å². The summed E-state index contributed by atoms with van der Waals surface area (Å²) in [4.78, 5) is 17.5. The number of aliphatic hydroxyl groups is 1. The van der Waals surface area contributed by atoms with E-state index in [9.17, 15) is 9.90 Å². The molecular formula is C15H23N3O2. The predicted molar refractivity (Wildman–Crippen MR) is 78.5 cm³/mol. The lowest BCUT2D eigenvalue weighted by molar-refractivity contribution is -0.119. The highest BCUT2D eigenvalue weighted by Crippen LogP contribution is 2.23. The van der Waals surface area contributed by atoms with Crippen molar-refractivity contribution in [2.24, 2.45) is 5.92 Å². The van der Waals surface area contributed by atoms with Crippen LogP contribution in [0.3, 0.4) is 0 Å². The van der Waals surface area contributed by atoms with Crippen LogP contribution in [0.25, 0.3) is 0 Å². The Morgan fingerprint density at radius 1 is 1.50 bits per heavy atom. The number of hydrogen-bond donors (Lipinski definition) is 2. The van der Waals surface area contributed by atoms with Crippen LogP contribution in [0, 0.1) is 5.92 Å². The SMILES string of the molecule is CC(=O)NCC1CCN(c2ccc(C(C)O)nc2)CC1. The van der Waals surface area contributed by atoms with Crippen LogP contribution in [0.1, 0.15) is 38.5 Å². The van der Waals surface area contributed by atoms with Crippen molar-refractivity contribution in [2.45, 2.75) is 32.8 Å². The first-order valence-electron chi connectivity index (χ1n) is 7.19. The maximum Gasteiger partial charge on any atom is 0.216 e. The van der Waals surface area contributed by atoms with Gasteiger partial charge in [0, 0.05) is 26.6 Å². The van der Waals surface area contributed by atoms with Crippen molar-refractivity contribution in [3.8, 4) is 0 Å². The normalized spacial score (nSPS) is 17.9. The molecule has 1 amide bonds. The van der Waals surface area contributed by atoms with Gasteiger partial charge in [-0.25, -0.2) is 0 Å². The van der Waals surface area contributed by atoms with Gasteiger partial charge in [-0.3, -0.25) is 9.78 Å². The van der Waals surface area contributed by atoms with Gasteiger partial charge in [-0.1, -0.05) is 0 Å². The van der Waals surface area contributed by atoms with E-state index in [0.717, 1.165) is 38.2 Å². The molecule has 1 atom stereocenters. The number of rotatable bonds is 4. The monoisotopic (exact) mass is 277 g/mol. The molecule has 1 fully saturated rings. The maximum atomic E-state index is 10.9. The van der Waals surface area contributed by atoms with Crippen molar-refractivity contribution < 1.29 is 9.90 Å². The second-order valence-electron chi connectivity index (χ2n) is 5.48. The Bertz CT molecular complexity index is 437. The van der Waals surface area contributed by atoms with Crippen LogP contribution in [0.2, 0.25) is 0 Å². The fourth-order valence-corrected chi connectivity index (χ4v) is 2.52. The van der Waals surface area contributed by atoms with Crippen molar-refractivity contribution in [2.75, 3.05) is 24.5 Å². The molecule has 1 saturated heterocycles. The Hall–Kier alpha value is -1.62. The van der Waals surface area contributed by atoms with Crippen LogP contribution >= 0.6 is 0 Å². The standard InChI is InChI=1S/C15H23N3O2/c1-11(19)15-4-3-14(10-17-15)18-7-5-13(6-8-18)9-16-12(2)20/h3-4,10-11,13,19H,5-9H2,1-2H3,(H,16,20). The molecule has 110 valence electrons. The van der Waals surface area contributed by atoms with E-state index >= 15 is 0 Å². The zero-order valence-electron chi connectivity index (χ0n) is 12.2. The molecule has 1 unspecified atom stereocenters. The Kier molecular flexibility index (Phi) is 4.95. The van der Waals surface area contributed by atoms with Gasteiger partial charge >= 0.3 is 0 Å². The summed E-state index contributed by atoms with van der Waals surface area (Å²) in [5.41, 5.74) is 1.81. The molecule has 2 rings (SSSR count). The third kappa shape index (κ3) is 3.93. The van der Waals surface area contributed by atoms with Crippen LogP contribution in [-0.2, 0) is 4.79 Å². The molecule has 0 spiro atoms. The molecular weight excluding hydrogens is 254 g/mol. The minimum absolute atomic E-state index is 0.0466. The number of aliphatic hydroxyl groups excluding tert-OH is 1. The molecule has 5 nitrogen and oxygen atoms in total. The number of amides is 1. The van der Waals surface area contributed by atoms with E-state index in [1.165, 1.54) is 0 Å². The minimum atomic E-state index is -0.521. The van der Waals surface area contributed by atoms with E-state index in [0.29, 0.717) is 11.6 Å². The molecule has 1 aliphatic rings. The Balaban J connectivity index is 1.85. The van der Waals surface area contributed by atoms with Gasteiger partial charge < -0.3 is 15.3 Å². The number of aromatic nitrogens is 1. The van der Waals surface area contributed by atoms with Gasteiger partial charge in [0.05, 0.1) is 23.7 Å². The predicted octanol–water partition coefficient (Wildman–Crippen LogP) is 1.49. The number of carbonyl (C=O) groups is 1. The first kappa shape index (κ1) is 14.8. The molecule has 0 bridgehead atoms. The average Bonchev–Trinajstić information content (AvgIpc) is 2.46. The van der Waals surface area contributed by atoms with E-state index < -0.39 is 6.10 Å². The Morgan fingerprint density at radius 2 is 2.20 bits per heavy atom. The van der Waals surface area contributed by atoms with Gasteiger partial charge in [0.15, 0.2) is 0 Å². The van der Waals surface area contributed by atoms with E-state index in [-0.39, 0.29) is 5.91 Å². The molecule has 1 aromatic heterocycles. The van der Waals surface area contributed by atoms with Gasteiger partial charge in [-0.05, 0) is 37.8 Å². The maximum absolute atomic E-state index is 10.9. The Morgan fingerprint density at radius 3 is 2.70 bits per heavy atom. The van der Waals surface area contributed by atoms with Crippen LogP contribution in [0.15, 0.2) is 18.3 Å². The molecule has 2 N–H and O–H groups in total. The van der Waals surface area contributed by atoms with Crippen molar-refractivity contribution in [1.82, 2.24) is 10.3 Å². The molecule has 5 heteroatoms. The summed E-state index contributed by atoms with van der Waals surface area (Å²) in [5, 5.41) is 12.3. The number of carbonyl (C=O) groups excluding carboxylic acids is 1. The molecule has 0 saturated carbocycles. The van der Waals surface area contributed by atoms with Gasteiger partial charge in [0.2, 0.25) is 5.91 Å². The number of hydrogen-bond acceptors (Lipinski definition) is 4. The lowest BCUT2D eigenvalue weighted by Crippen LogP contribution is -2.38. The molecule has 20 heavy (non-hydrogen) atoms. The summed E-state index contributed by atoms with van der Waals surface area (Å²) in [6, 6.07) is 3.90. The Labute approximate surface area is 120 Å². The van der Waals surface area contributed by atoms with Crippen molar-refractivity contribution in [3.63, 3.8) is 0 Å². The highest BCUT2D eigenvalue weighted by molar-refractivity contribution is 5.72. The van der Waals surface area contributed by atoms with Gasteiger partial charge in [0.1, 0.15) is 0 Å². The highest BCUT2D eigenvalue weighted by Gasteiger charge is 2.19. The number of nitrogens with one attached hydrogen (secondary N) is 1. The van der Waals surface area contributed by atoms with Crippen LogP contribution < -0.4 is 10.2 Å². The first-order chi connectivity index (χ1) is 9.56. The van der Waals surface area contributed by atoms with Gasteiger partial charge in [0.25, 0.3) is 0 Å².